The van der Waals surface area contributed by atoms with Gasteiger partial charge in [-0.25, -0.2) is 0 Å². The Morgan fingerprint density at radius 3 is 1.93 bits per heavy atom. The van der Waals surface area contributed by atoms with E-state index >= 15 is 0 Å². The van der Waals surface area contributed by atoms with Crippen LogP contribution in [0, 0.1) is 5.41 Å². The van der Waals surface area contributed by atoms with Crippen molar-refractivity contribution in [1.29, 1.82) is 0 Å². The predicted molar refractivity (Wildman–Crippen MR) is 62.4 cm³/mol. The Kier molecular flexibility index (Phi) is 7.45. The molecule has 0 saturated heterocycles. The molecular weight excluding hydrogens is 172 g/mol. The molecule has 0 fully saturated rings. The quantitative estimate of drug-likeness (QED) is 0.400. The van der Waals surface area contributed by atoms with Gasteiger partial charge in [0, 0.05) is 5.41 Å². The van der Waals surface area contributed by atoms with Crippen LogP contribution in [-0.2, 0) is 4.79 Å². The molecule has 0 aliphatic heterocycles. The molecule has 0 aromatic carbocycles. The third kappa shape index (κ3) is 4.59. The molecule has 0 aliphatic carbocycles. The van der Waals surface area contributed by atoms with Gasteiger partial charge in [-0.2, -0.15) is 0 Å². The summed E-state index contributed by atoms with van der Waals surface area (Å²) >= 11 is 0. The van der Waals surface area contributed by atoms with Gasteiger partial charge in [-0.15, -0.1) is 6.58 Å². The Hall–Kier alpha value is -0.590. The molecule has 0 aromatic heterocycles. The summed E-state index contributed by atoms with van der Waals surface area (Å²) in [7, 11) is 0. The van der Waals surface area contributed by atoms with Crippen LogP contribution in [0.4, 0.5) is 0 Å². The molecule has 0 N–H and O–H groups in total. The van der Waals surface area contributed by atoms with Crippen LogP contribution in [0.2, 0.25) is 0 Å². The highest BCUT2D eigenvalue weighted by Gasteiger charge is 2.26. The summed E-state index contributed by atoms with van der Waals surface area (Å²) in [5.74, 6) is 0. The monoisotopic (exact) mass is 196 g/mol. The van der Waals surface area contributed by atoms with Gasteiger partial charge in [0.2, 0.25) is 0 Å². The van der Waals surface area contributed by atoms with Crippen LogP contribution < -0.4 is 0 Å². The Morgan fingerprint density at radius 2 is 1.64 bits per heavy atom. The molecular formula is C13H24O. The van der Waals surface area contributed by atoms with Crippen LogP contribution in [0.5, 0.6) is 0 Å². The van der Waals surface area contributed by atoms with Crippen molar-refractivity contribution in [1.82, 2.24) is 0 Å². The molecule has 1 nitrogen and oxygen atoms in total. The van der Waals surface area contributed by atoms with E-state index in [9.17, 15) is 4.79 Å². The van der Waals surface area contributed by atoms with E-state index in [2.05, 4.69) is 20.4 Å². The molecule has 0 aromatic rings. The molecule has 0 spiro atoms. The van der Waals surface area contributed by atoms with Crippen LogP contribution in [0.3, 0.4) is 0 Å². The van der Waals surface area contributed by atoms with Gasteiger partial charge in [-0.3, -0.25) is 0 Å². The number of hydrogen-bond donors (Lipinski definition) is 0. The number of rotatable bonds is 9. The minimum Gasteiger partial charge on any atom is -0.303 e. The van der Waals surface area contributed by atoms with Gasteiger partial charge in [0.15, 0.2) is 0 Å². The summed E-state index contributed by atoms with van der Waals surface area (Å²) < 4.78 is 0. The predicted octanol–water partition coefficient (Wildman–Crippen LogP) is 4.13. The van der Waals surface area contributed by atoms with Gasteiger partial charge in [0.05, 0.1) is 0 Å². The minimum atomic E-state index is -0.103. The first-order valence-electron chi connectivity index (χ1n) is 5.82. The Balaban J connectivity index is 4.25. The molecule has 0 saturated carbocycles. The molecule has 1 heteroatoms. The largest absolute Gasteiger partial charge is 0.303 e. The minimum absolute atomic E-state index is 0.103. The second-order valence-electron chi connectivity index (χ2n) is 4.18. The lowest BCUT2D eigenvalue weighted by Gasteiger charge is -2.26. The van der Waals surface area contributed by atoms with E-state index in [4.69, 9.17) is 0 Å². The fraction of sp³-hybridized carbons (Fsp3) is 0.769. The van der Waals surface area contributed by atoms with Gasteiger partial charge in [0.1, 0.15) is 6.29 Å². The Morgan fingerprint density at radius 1 is 1.14 bits per heavy atom. The van der Waals surface area contributed by atoms with Gasteiger partial charge < -0.3 is 4.79 Å². The summed E-state index contributed by atoms with van der Waals surface area (Å²) in [5, 5.41) is 0. The molecule has 0 heterocycles. The van der Waals surface area contributed by atoms with E-state index in [0.717, 1.165) is 32.1 Å². The molecule has 0 atom stereocenters. The van der Waals surface area contributed by atoms with E-state index in [0.29, 0.717) is 0 Å². The number of hydrogen-bond acceptors (Lipinski definition) is 1. The van der Waals surface area contributed by atoms with Crippen LogP contribution in [-0.4, -0.2) is 6.29 Å². The van der Waals surface area contributed by atoms with Crippen molar-refractivity contribution in [2.45, 2.75) is 58.8 Å². The highest BCUT2D eigenvalue weighted by atomic mass is 16.1. The Labute approximate surface area is 88.6 Å². The zero-order chi connectivity index (χ0) is 10.9. The maximum absolute atomic E-state index is 11.2. The number of carbonyl (C=O) groups excluding carboxylic acids is 1. The normalized spacial score (nSPS) is 11.3. The molecule has 0 radical (unpaired) electrons. The van der Waals surface area contributed by atoms with Crippen LogP contribution in [0.15, 0.2) is 12.7 Å². The third-order valence-electron chi connectivity index (χ3n) is 2.86. The first-order valence-corrected chi connectivity index (χ1v) is 5.82. The van der Waals surface area contributed by atoms with E-state index in [1.54, 1.807) is 0 Å². The standard InChI is InChI=1S/C13H24O/c1-4-7-10-13(12-14,9-6-3)11-8-5-2/h6,12H,3-5,7-11H2,1-2H3. The van der Waals surface area contributed by atoms with Crippen molar-refractivity contribution in [2.24, 2.45) is 5.41 Å². The van der Waals surface area contributed by atoms with Crippen molar-refractivity contribution in [3.05, 3.63) is 12.7 Å². The number of aldehydes is 1. The summed E-state index contributed by atoms with van der Waals surface area (Å²) in [6, 6.07) is 0. The molecule has 0 rings (SSSR count). The molecule has 0 unspecified atom stereocenters. The van der Waals surface area contributed by atoms with E-state index in [1.807, 2.05) is 6.08 Å². The lowest BCUT2D eigenvalue weighted by atomic mass is 9.77. The second-order valence-corrected chi connectivity index (χ2v) is 4.18. The van der Waals surface area contributed by atoms with Gasteiger partial charge >= 0.3 is 0 Å². The zero-order valence-electron chi connectivity index (χ0n) is 9.72. The summed E-state index contributed by atoms with van der Waals surface area (Å²) in [6.45, 7) is 8.09. The first kappa shape index (κ1) is 13.4. The molecule has 14 heavy (non-hydrogen) atoms. The average Bonchev–Trinajstić information content (AvgIpc) is 2.22. The second kappa shape index (κ2) is 7.78. The Bertz CT molecular complexity index is 153. The lowest BCUT2D eigenvalue weighted by molar-refractivity contribution is -0.117. The van der Waals surface area contributed by atoms with E-state index in [1.165, 1.54) is 19.1 Å². The maximum atomic E-state index is 11.2. The maximum Gasteiger partial charge on any atom is 0.126 e. The summed E-state index contributed by atoms with van der Waals surface area (Å²) in [5.41, 5.74) is -0.103. The molecule has 0 bridgehead atoms. The fourth-order valence-electron chi connectivity index (χ4n) is 1.84. The van der Waals surface area contributed by atoms with Gasteiger partial charge in [-0.1, -0.05) is 45.6 Å². The van der Waals surface area contributed by atoms with Gasteiger partial charge in [-0.05, 0) is 19.3 Å². The number of unbranched alkanes of at least 4 members (excludes halogenated alkanes) is 2. The third-order valence-corrected chi connectivity index (χ3v) is 2.86. The van der Waals surface area contributed by atoms with Crippen molar-refractivity contribution in [3.63, 3.8) is 0 Å². The van der Waals surface area contributed by atoms with Crippen LogP contribution in [0.25, 0.3) is 0 Å². The summed E-state index contributed by atoms with van der Waals surface area (Å²) in [6.07, 6.45) is 10.6. The van der Waals surface area contributed by atoms with E-state index in [-0.39, 0.29) is 5.41 Å². The number of allylic oxidation sites excluding steroid dienone is 1. The lowest BCUT2D eigenvalue weighted by Crippen LogP contribution is -2.22. The topological polar surface area (TPSA) is 17.1 Å². The highest BCUT2D eigenvalue weighted by Crippen LogP contribution is 2.32. The van der Waals surface area contributed by atoms with Crippen molar-refractivity contribution in [3.8, 4) is 0 Å². The summed E-state index contributed by atoms with van der Waals surface area (Å²) in [4.78, 5) is 11.2. The van der Waals surface area contributed by atoms with Crippen molar-refractivity contribution < 1.29 is 4.79 Å². The molecule has 0 amide bonds. The SMILES string of the molecule is C=CCC(C=O)(CCCC)CCCC. The van der Waals surface area contributed by atoms with E-state index < -0.39 is 0 Å². The average molecular weight is 196 g/mol. The molecule has 0 aliphatic rings. The van der Waals surface area contributed by atoms with Crippen molar-refractivity contribution in [2.75, 3.05) is 0 Å². The first-order chi connectivity index (χ1) is 6.74. The zero-order valence-corrected chi connectivity index (χ0v) is 9.72. The van der Waals surface area contributed by atoms with Crippen molar-refractivity contribution >= 4 is 6.29 Å². The fourth-order valence-corrected chi connectivity index (χ4v) is 1.84. The molecule has 82 valence electrons. The van der Waals surface area contributed by atoms with Crippen LogP contribution >= 0.6 is 0 Å². The highest BCUT2D eigenvalue weighted by molar-refractivity contribution is 5.59. The van der Waals surface area contributed by atoms with Crippen LogP contribution in [0.1, 0.15) is 58.8 Å². The smallest absolute Gasteiger partial charge is 0.126 e. The number of carbonyl (C=O) groups is 1. The van der Waals surface area contributed by atoms with Gasteiger partial charge in [0.25, 0.3) is 0 Å².